The molecule has 0 fully saturated rings. The summed E-state index contributed by atoms with van der Waals surface area (Å²) in [6, 6.07) is 0. The van der Waals surface area contributed by atoms with Crippen molar-refractivity contribution in [2.24, 2.45) is 0 Å². The van der Waals surface area contributed by atoms with Crippen LogP contribution in [0.25, 0.3) is 0 Å². The fourth-order valence-electron chi connectivity index (χ4n) is 2.21. The third-order valence-electron chi connectivity index (χ3n) is 3.20. The first-order valence-electron chi connectivity index (χ1n) is 6.97. The van der Waals surface area contributed by atoms with E-state index in [0.29, 0.717) is 0 Å². The molecule has 2 heterocycles. The molecule has 104 valence electrons. The first kappa shape index (κ1) is 13.6. The smallest absolute Gasteiger partial charge is 0.203 e. The summed E-state index contributed by atoms with van der Waals surface area (Å²) >= 11 is 0. The Morgan fingerprint density at radius 3 is 2.89 bits per heavy atom. The molecule has 0 aliphatic carbocycles. The number of rotatable bonds is 7. The maximum Gasteiger partial charge on any atom is 0.203 e. The Bertz CT molecular complexity index is 512. The van der Waals surface area contributed by atoms with Gasteiger partial charge in [-0.2, -0.15) is 5.10 Å². The van der Waals surface area contributed by atoms with Crippen LogP contribution in [0.15, 0.2) is 12.4 Å². The lowest BCUT2D eigenvalue weighted by atomic mass is 10.1. The first-order chi connectivity index (χ1) is 9.20. The fourth-order valence-corrected chi connectivity index (χ4v) is 2.21. The van der Waals surface area contributed by atoms with Crippen LogP contribution >= 0.6 is 0 Å². The lowest BCUT2D eigenvalue weighted by Crippen LogP contribution is -2.09. The molecule has 0 unspecified atom stereocenters. The van der Waals surface area contributed by atoms with Gasteiger partial charge in [0.1, 0.15) is 0 Å². The third-order valence-corrected chi connectivity index (χ3v) is 3.20. The minimum Gasteiger partial charge on any atom is -0.356 e. The molecule has 0 saturated heterocycles. The minimum atomic E-state index is 0.935. The van der Waals surface area contributed by atoms with Crippen molar-refractivity contribution in [3.63, 3.8) is 0 Å². The van der Waals surface area contributed by atoms with Crippen LogP contribution in [0.4, 0.5) is 5.95 Å². The zero-order valence-electron chi connectivity index (χ0n) is 12.0. The number of hydrogen-bond donors (Lipinski definition) is 2. The van der Waals surface area contributed by atoms with E-state index in [-0.39, 0.29) is 0 Å². The highest BCUT2D eigenvalue weighted by atomic mass is 15.2. The number of nitrogens with zero attached hydrogens (tertiary/aromatic N) is 3. The Kier molecular flexibility index (Phi) is 4.60. The van der Waals surface area contributed by atoms with Crippen LogP contribution in [0.5, 0.6) is 0 Å². The molecule has 0 spiro atoms. The molecule has 0 atom stereocenters. The summed E-state index contributed by atoms with van der Waals surface area (Å²) in [7, 11) is 0. The van der Waals surface area contributed by atoms with Crippen molar-refractivity contribution in [1.29, 1.82) is 0 Å². The number of aromatic nitrogens is 4. The van der Waals surface area contributed by atoms with Gasteiger partial charge in [-0.1, -0.05) is 6.92 Å². The standard InChI is InChI=1S/C14H23N5/c1-4-8-19-10-11(2)17-14(19)15-7-5-6-13-9-16-18-12(13)3/h9-10H,4-8H2,1-3H3,(H,15,17)(H,16,18). The molecule has 2 N–H and O–H groups in total. The van der Waals surface area contributed by atoms with Crippen LogP contribution in [0.3, 0.4) is 0 Å². The van der Waals surface area contributed by atoms with Gasteiger partial charge in [0.2, 0.25) is 5.95 Å². The van der Waals surface area contributed by atoms with E-state index >= 15 is 0 Å². The molecule has 2 aromatic heterocycles. The predicted octanol–water partition coefficient (Wildman–Crippen LogP) is 2.68. The van der Waals surface area contributed by atoms with Gasteiger partial charge in [-0.25, -0.2) is 4.98 Å². The molecule has 19 heavy (non-hydrogen) atoms. The summed E-state index contributed by atoms with van der Waals surface area (Å²) in [6.45, 7) is 8.23. The van der Waals surface area contributed by atoms with Gasteiger partial charge < -0.3 is 9.88 Å². The molecule has 0 bridgehead atoms. The SMILES string of the molecule is CCCn1cc(C)nc1NCCCc1cn[nH]c1C. The average Bonchev–Trinajstić information content (AvgIpc) is 2.92. The molecular formula is C14H23N5. The van der Waals surface area contributed by atoms with Gasteiger partial charge in [0.15, 0.2) is 0 Å². The van der Waals surface area contributed by atoms with Crippen molar-refractivity contribution >= 4 is 5.95 Å². The van der Waals surface area contributed by atoms with E-state index in [2.05, 4.69) is 45.1 Å². The predicted molar refractivity (Wildman–Crippen MR) is 77.4 cm³/mol. The van der Waals surface area contributed by atoms with Gasteiger partial charge >= 0.3 is 0 Å². The number of H-pyrrole nitrogens is 1. The van der Waals surface area contributed by atoms with Crippen molar-refractivity contribution in [2.45, 2.75) is 46.6 Å². The maximum absolute atomic E-state index is 4.51. The number of imidazole rings is 1. The van der Waals surface area contributed by atoms with Crippen molar-refractivity contribution in [3.05, 3.63) is 29.3 Å². The molecule has 5 heteroatoms. The fraction of sp³-hybridized carbons (Fsp3) is 0.571. The van der Waals surface area contributed by atoms with Crippen molar-refractivity contribution < 1.29 is 0 Å². The van der Waals surface area contributed by atoms with Crippen molar-refractivity contribution in [2.75, 3.05) is 11.9 Å². The van der Waals surface area contributed by atoms with Crippen molar-refractivity contribution in [1.82, 2.24) is 19.7 Å². The maximum atomic E-state index is 4.51. The third kappa shape index (κ3) is 3.59. The largest absolute Gasteiger partial charge is 0.356 e. The molecular weight excluding hydrogens is 238 g/mol. The molecule has 0 saturated carbocycles. The van der Waals surface area contributed by atoms with Gasteiger partial charge in [0, 0.05) is 25.0 Å². The highest BCUT2D eigenvalue weighted by molar-refractivity contribution is 5.28. The number of hydrogen-bond acceptors (Lipinski definition) is 3. The highest BCUT2D eigenvalue weighted by Gasteiger charge is 2.04. The Balaban J connectivity index is 1.81. The van der Waals surface area contributed by atoms with Gasteiger partial charge in [-0.3, -0.25) is 5.10 Å². The van der Waals surface area contributed by atoms with Crippen LogP contribution in [0.1, 0.15) is 36.7 Å². The van der Waals surface area contributed by atoms with Crippen molar-refractivity contribution in [3.8, 4) is 0 Å². The van der Waals surface area contributed by atoms with Gasteiger partial charge in [-0.15, -0.1) is 0 Å². The van der Waals surface area contributed by atoms with E-state index in [0.717, 1.165) is 44.0 Å². The summed E-state index contributed by atoms with van der Waals surface area (Å²) in [5.74, 6) is 0.989. The second kappa shape index (κ2) is 6.41. The monoisotopic (exact) mass is 261 g/mol. The van der Waals surface area contributed by atoms with Crippen LogP contribution < -0.4 is 5.32 Å². The zero-order chi connectivity index (χ0) is 13.7. The first-order valence-corrected chi connectivity index (χ1v) is 6.97. The molecule has 0 amide bonds. The molecule has 0 aliphatic rings. The van der Waals surface area contributed by atoms with Crippen LogP contribution in [0.2, 0.25) is 0 Å². The Morgan fingerprint density at radius 1 is 1.37 bits per heavy atom. The number of aromatic amines is 1. The molecule has 0 aliphatic heterocycles. The molecule has 0 radical (unpaired) electrons. The van der Waals surface area contributed by atoms with E-state index in [1.54, 1.807) is 0 Å². The van der Waals surface area contributed by atoms with E-state index in [1.807, 2.05) is 13.1 Å². The Hall–Kier alpha value is -1.78. The Morgan fingerprint density at radius 2 is 2.21 bits per heavy atom. The van der Waals surface area contributed by atoms with E-state index in [9.17, 15) is 0 Å². The lowest BCUT2D eigenvalue weighted by Gasteiger charge is -2.08. The van der Waals surface area contributed by atoms with Gasteiger partial charge in [-0.05, 0) is 38.7 Å². The van der Waals surface area contributed by atoms with E-state index < -0.39 is 0 Å². The van der Waals surface area contributed by atoms with E-state index in [4.69, 9.17) is 0 Å². The van der Waals surface area contributed by atoms with Crippen LogP contribution in [0, 0.1) is 13.8 Å². The highest BCUT2D eigenvalue weighted by Crippen LogP contribution is 2.10. The van der Waals surface area contributed by atoms with Crippen LogP contribution in [-0.4, -0.2) is 26.3 Å². The molecule has 2 rings (SSSR count). The van der Waals surface area contributed by atoms with Gasteiger partial charge in [0.25, 0.3) is 0 Å². The summed E-state index contributed by atoms with van der Waals surface area (Å²) in [5, 5.41) is 10.4. The molecule has 2 aromatic rings. The minimum absolute atomic E-state index is 0.935. The lowest BCUT2D eigenvalue weighted by molar-refractivity contribution is 0.679. The summed E-state index contributed by atoms with van der Waals surface area (Å²) in [5.41, 5.74) is 3.54. The van der Waals surface area contributed by atoms with Crippen LogP contribution in [-0.2, 0) is 13.0 Å². The van der Waals surface area contributed by atoms with Gasteiger partial charge in [0.05, 0.1) is 11.9 Å². The number of anilines is 1. The summed E-state index contributed by atoms with van der Waals surface area (Å²) in [6.07, 6.45) is 7.27. The summed E-state index contributed by atoms with van der Waals surface area (Å²) < 4.78 is 2.19. The number of aryl methyl sites for hydroxylation is 4. The normalized spacial score (nSPS) is 10.9. The summed E-state index contributed by atoms with van der Waals surface area (Å²) in [4.78, 5) is 4.51. The average molecular weight is 261 g/mol. The van der Waals surface area contributed by atoms with E-state index in [1.165, 1.54) is 11.3 Å². The topological polar surface area (TPSA) is 58.5 Å². The second-order valence-corrected chi connectivity index (χ2v) is 4.95. The quantitative estimate of drug-likeness (QED) is 0.753. The Labute approximate surface area is 114 Å². The molecule has 5 nitrogen and oxygen atoms in total. The second-order valence-electron chi connectivity index (χ2n) is 4.95. The number of nitrogens with one attached hydrogen (secondary N) is 2. The zero-order valence-corrected chi connectivity index (χ0v) is 12.0. The molecule has 0 aromatic carbocycles.